The van der Waals surface area contributed by atoms with E-state index in [1.165, 1.54) is 31.3 Å². The number of nitrogens with one attached hydrogen (secondary N) is 2. The second kappa shape index (κ2) is 11.9. The molecule has 0 radical (unpaired) electrons. The normalized spacial score (nSPS) is 22.6. The molecule has 0 aliphatic carbocycles. The number of carbonyl (C=O) groups excluding carboxylic acids is 1. The average Bonchev–Trinajstić information content (AvgIpc) is 3.19. The Morgan fingerprint density at radius 2 is 2.11 bits per heavy atom. The Labute approximate surface area is 208 Å². The smallest absolute Gasteiger partial charge is 0.459 e. The van der Waals surface area contributed by atoms with Crippen LogP contribution in [0.2, 0.25) is 0 Å². The van der Waals surface area contributed by atoms with Crippen molar-refractivity contribution in [3.8, 4) is 5.75 Å². The van der Waals surface area contributed by atoms with Crippen LogP contribution in [0.25, 0.3) is 6.08 Å². The molecule has 1 aliphatic rings. The van der Waals surface area contributed by atoms with Gasteiger partial charge in [0.15, 0.2) is 0 Å². The highest BCUT2D eigenvalue weighted by atomic mass is 79.9. The number of carbonyl (C=O) groups is 1. The molecule has 35 heavy (non-hydrogen) atoms. The van der Waals surface area contributed by atoms with Crippen LogP contribution in [-0.4, -0.2) is 52.6 Å². The van der Waals surface area contributed by atoms with Crippen molar-refractivity contribution >= 4 is 35.7 Å². The third-order valence-electron chi connectivity index (χ3n) is 5.04. The molecule has 1 saturated heterocycles. The Balaban J connectivity index is 1.75. The van der Waals surface area contributed by atoms with Gasteiger partial charge in [-0.15, -0.1) is 0 Å². The molecular formula is C21H25BrN3O9P. The van der Waals surface area contributed by atoms with E-state index in [9.17, 15) is 24.1 Å². The molecule has 190 valence electrons. The molecule has 1 aliphatic heterocycles. The molecule has 12 nitrogen and oxygen atoms in total. The maximum Gasteiger partial charge on any atom is 0.459 e. The third-order valence-corrected chi connectivity index (χ3v) is 6.94. The van der Waals surface area contributed by atoms with Crippen LogP contribution in [0.5, 0.6) is 5.75 Å². The standard InChI is InChI=1S/C21H25BrN3O9P/c1-13(20(28)31-2)24-35(30,34-15-6-4-3-5-7-15)32-12-17-16(26)10-18(33-17)25-11-14(8-9-22)19(27)23-21(25)29/h3-9,11,13,16-18,26H,10,12H2,1-2H3,(H,24,30)(H,23,27,29)/t13?,16-,17-,18-,35?/m1/s1. The summed E-state index contributed by atoms with van der Waals surface area (Å²) in [6.45, 7) is 1.03. The predicted octanol–water partition coefficient (Wildman–Crippen LogP) is 1.91. The number of aromatic amines is 1. The maximum absolute atomic E-state index is 13.4. The molecular weight excluding hydrogens is 549 g/mol. The first-order chi connectivity index (χ1) is 16.7. The minimum atomic E-state index is -4.14. The quantitative estimate of drug-likeness (QED) is 0.283. The SMILES string of the molecule is COC(=O)C(C)NP(=O)(OC[C@H]1O[C@@H](n2cc(C=CBr)c(=O)[nH]c2=O)C[C@H]1O)Oc1ccccc1. The van der Waals surface area contributed by atoms with Gasteiger partial charge in [-0.2, -0.15) is 5.09 Å². The summed E-state index contributed by atoms with van der Waals surface area (Å²) in [5.74, 6) is -0.466. The number of hydrogen-bond acceptors (Lipinski definition) is 9. The molecule has 0 bridgehead atoms. The van der Waals surface area contributed by atoms with Crippen LogP contribution in [0.3, 0.4) is 0 Å². The number of halogens is 1. The summed E-state index contributed by atoms with van der Waals surface area (Å²) >= 11 is 3.08. The number of aliphatic hydroxyl groups is 1. The summed E-state index contributed by atoms with van der Waals surface area (Å²) < 4.78 is 36.0. The lowest BCUT2D eigenvalue weighted by Gasteiger charge is -2.24. The number of rotatable bonds is 10. The second-order valence-corrected chi connectivity index (χ2v) is 9.77. The van der Waals surface area contributed by atoms with Gasteiger partial charge in [-0.1, -0.05) is 34.1 Å². The van der Waals surface area contributed by atoms with Crippen molar-refractivity contribution in [1.29, 1.82) is 0 Å². The fraction of sp³-hybridized carbons (Fsp3) is 0.381. The van der Waals surface area contributed by atoms with Gasteiger partial charge in [-0.25, -0.2) is 9.36 Å². The van der Waals surface area contributed by atoms with Crippen molar-refractivity contribution in [2.75, 3.05) is 13.7 Å². The molecule has 1 aromatic heterocycles. The van der Waals surface area contributed by atoms with E-state index in [0.717, 1.165) is 4.57 Å². The first kappa shape index (κ1) is 27.1. The number of esters is 1. The van der Waals surface area contributed by atoms with Crippen LogP contribution in [-0.2, 0) is 23.4 Å². The van der Waals surface area contributed by atoms with E-state index in [-0.39, 0.29) is 17.7 Å². The van der Waals surface area contributed by atoms with Crippen LogP contribution in [0.4, 0.5) is 0 Å². The molecule has 3 N–H and O–H groups in total. The Bertz CT molecular complexity index is 1220. The zero-order chi connectivity index (χ0) is 25.6. The first-order valence-electron chi connectivity index (χ1n) is 10.5. The van der Waals surface area contributed by atoms with Gasteiger partial charge in [0.1, 0.15) is 24.1 Å². The van der Waals surface area contributed by atoms with Crippen LogP contribution < -0.4 is 20.9 Å². The van der Waals surface area contributed by atoms with Gasteiger partial charge in [0.25, 0.3) is 5.56 Å². The average molecular weight is 574 g/mol. The van der Waals surface area contributed by atoms with Crippen molar-refractivity contribution in [2.24, 2.45) is 0 Å². The number of ether oxygens (including phenoxy) is 2. The van der Waals surface area contributed by atoms with Gasteiger partial charge < -0.3 is 19.1 Å². The summed E-state index contributed by atoms with van der Waals surface area (Å²) in [7, 11) is -2.95. The first-order valence-corrected chi connectivity index (χ1v) is 12.9. The van der Waals surface area contributed by atoms with E-state index in [1.807, 2.05) is 0 Å². The van der Waals surface area contributed by atoms with Crippen LogP contribution in [0, 0.1) is 0 Å². The van der Waals surface area contributed by atoms with Crippen molar-refractivity contribution in [3.05, 3.63) is 67.9 Å². The van der Waals surface area contributed by atoms with E-state index in [2.05, 4.69) is 30.7 Å². The number of hydrogen-bond donors (Lipinski definition) is 3. The second-order valence-electron chi connectivity index (χ2n) is 7.55. The van der Waals surface area contributed by atoms with Crippen molar-refractivity contribution < 1.29 is 33.0 Å². The van der Waals surface area contributed by atoms with Gasteiger partial charge in [-0.05, 0) is 30.1 Å². The Morgan fingerprint density at radius 3 is 2.77 bits per heavy atom. The number of H-pyrrole nitrogens is 1. The van der Waals surface area contributed by atoms with Gasteiger partial charge in [0.05, 0.1) is 25.4 Å². The highest BCUT2D eigenvalue weighted by molar-refractivity contribution is 9.11. The molecule has 14 heteroatoms. The van der Waals surface area contributed by atoms with Gasteiger partial charge in [-0.3, -0.25) is 23.7 Å². The molecule has 2 unspecified atom stereocenters. The number of methoxy groups -OCH3 is 1. The number of aromatic nitrogens is 2. The lowest BCUT2D eigenvalue weighted by Crippen LogP contribution is -2.36. The Hall–Kier alpha value is -2.54. The number of aliphatic hydroxyl groups excluding tert-OH is 1. The number of para-hydroxylation sites is 1. The highest BCUT2D eigenvalue weighted by Crippen LogP contribution is 2.45. The summed E-state index contributed by atoms with van der Waals surface area (Å²) in [6, 6.07) is 7.15. The lowest BCUT2D eigenvalue weighted by atomic mass is 10.2. The fourth-order valence-corrected chi connectivity index (χ4v) is 5.07. The molecule has 1 fully saturated rings. The topological polar surface area (TPSA) is 158 Å². The fourth-order valence-electron chi connectivity index (χ4n) is 3.29. The molecule has 2 heterocycles. The van der Waals surface area contributed by atoms with Crippen LogP contribution in [0.15, 0.2) is 51.1 Å². The zero-order valence-corrected chi connectivity index (χ0v) is 21.3. The molecule has 1 aromatic carbocycles. The van der Waals surface area contributed by atoms with E-state index in [1.54, 1.807) is 30.3 Å². The Kier molecular flexibility index (Phi) is 9.22. The van der Waals surface area contributed by atoms with Crippen molar-refractivity contribution in [1.82, 2.24) is 14.6 Å². The molecule has 2 aromatic rings. The predicted molar refractivity (Wildman–Crippen MR) is 129 cm³/mol. The highest BCUT2D eigenvalue weighted by Gasteiger charge is 2.39. The van der Waals surface area contributed by atoms with Gasteiger partial charge in [0, 0.05) is 12.6 Å². The van der Waals surface area contributed by atoms with E-state index in [0.29, 0.717) is 0 Å². The van der Waals surface area contributed by atoms with Crippen molar-refractivity contribution in [3.63, 3.8) is 0 Å². The van der Waals surface area contributed by atoms with E-state index < -0.39 is 56.0 Å². The van der Waals surface area contributed by atoms with Crippen molar-refractivity contribution in [2.45, 2.75) is 37.8 Å². The molecule has 3 rings (SSSR count). The van der Waals surface area contributed by atoms with E-state index in [4.69, 9.17) is 13.8 Å². The Morgan fingerprint density at radius 1 is 1.40 bits per heavy atom. The lowest BCUT2D eigenvalue weighted by molar-refractivity contribution is -0.142. The van der Waals surface area contributed by atoms with Crippen LogP contribution >= 0.6 is 23.7 Å². The summed E-state index contributed by atoms with van der Waals surface area (Å²) in [6.07, 6.45) is -0.224. The zero-order valence-electron chi connectivity index (χ0n) is 18.8. The monoisotopic (exact) mass is 573 g/mol. The number of benzene rings is 1. The molecule has 5 atom stereocenters. The molecule has 0 amide bonds. The van der Waals surface area contributed by atoms with Crippen LogP contribution in [0.1, 0.15) is 25.1 Å². The summed E-state index contributed by atoms with van der Waals surface area (Å²) in [5.41, 5.74) is -1.10. The van der Waals surface area contributed by atoms with E-state index >= 15 is 0 Å². The molecule has 0 saturated carbocycles. The molecule has 0 spiro atoms. The largest absolute Gasteiger partial charge is 0.468 e. The van der Waals surface area contributed by atoms with Gasteiger partial charge >= 0.3 is 19.4 Å². The minimum absolute atomic E-state index is 0.00722. The number of nitrogens with zero attached hydrogens (tertiary/aromatic N) is 1. The summed E-state index contributed by atoms with van der Waals surface area (Å²) in [4.78, 5) is 39.7. The maximum atomic E-state index is 13.4. The van der Waals surface area contributed by atoms with Gasteiger partial charge in [0.2, 0.25) is 0 Å². The summed E-state index contributed by atoms with van der Waals surface area (Å²) in [5, 5.41) is 13.0. The minimum Gasteiger partial charge on any atom is -0.468 e. The third kappa shape index (κ3) is 7.00.